The molecule has 18 heavy (non-hydrogen) atoms. The second kappa shape index (κ2) is 5.27. The smallest absolute Gasteiger partial charge is 0.371 e. The number of carbonyl (C=O) groups is 1. The Morgan fingerprint density at radius 3 is 2.61 bits per heavy atom. The van der Waals surface area contributed by atoms with Gasteiger partial charge in [0.25, 0.3) is 0 Å². The zero-order valence-electron chi connectivity index (χ0n) is 9.64. The normalized spacial score (nSPS) is 10.3. The van der Waals surface area contributed by atoms with Gasteiger partial charge in [0.2, 0.25) is 5.76 Å². The Balaban J connectivity index is 2.06. The number of rotatable bonds is 4. The minimum absolute atomic E-state index is 0.0677. The van der Waals surface area contributed by atoms with Crippen LogP contribution in [0.25, 0.3) is 0 Å². The van der Waals surface area contributed by atoms with E-state index in [-0.39, 0.29) is 12.4 Å². The largest absolute Gasteiger partial charge is 0.489 e. The summed E-state index contributed by atoms with van der Waals surface area (Å²) in [5, 5.41) is 8.80. The first-order valence-corrected chi connectivity index (χ1v) is 6.06. The van der Waals surface area contributed by atoms with Crippen molar-refractivity contribution in [3.63, 3.8) is 0 Å². The molecule has 0 aliphatic rings. The zero-order chi connectivity index (χ0) is 13.1. The maximum Gasteiger partial charge on any atom is 0.371 e. The highest BCUT2D eigenvalue weighted by molar-refractivity contribution is 9.10. The maximum absolute atomic E-state index is 10.7. The minimum atomic E-state index is -1.08. The van der Waals surface area contributed by atoms with Crippen LogP contribution in [0.1, 0.15) is 21.9 Å². The van der Waals surface area contributed by atoms with Gasteiger partial charge in [0, 0.05) is 10.0 Å². The lowest BCUT2D eigenvalue weighted by Crippen LogP contribution is -1.95. The van der Waals surface area contributed by atoms with Crippen molar-refractivity contribution in [2.75, 3.05) is 0 Å². The third-order valence-corrected chi connectivity index (χ3v) is 2.97. The van der Waals surface area contributed by atoms with Gasteiger partial charge in [-0.1, -0.05) is 15.9 Å². The van der Waals surface area contributed by atoms with E-state index in [1.807, 2.05) is 24.3 Å². The van der Waals surface area contributed by atoms with Crippen LogP contribution in [-0.2, 0) is 6.61 Å². The SMILES string of the molecule is Cc1oc(C(=O)O)cc1COc1ccc(Br)cc1. The average molecular weight is 311 g/mol. The minimum Gasteiger partial charge on any atom is -0.489 e. The van der Waals surface area contributed by atoms with E-state index in [9.17, 15) is 4.79 Å². The summed E-state index contributed by atoms with van der Waals surface area (Å²) in [5.41, 5.74) is 0.732. The molecule has 0 bridgehead atoms. The molecule has 0 radical (unpaired) electrons. The van der Waals surface area contributed by atoms with Crippen molar-refractivity contribution < 1.29 is 19.1 Å². The molecule has 1 N–H and O–H groups in total. The van der Waals surface area contributed by atoms with Gasteiger partial charge >= 0.3 is 5.97 Å². The quantitative estimate of drug-likeness (QED) is 0.936. The molecule has 0 aliphatic carbocycles. The highest BCUT2D eigenvalue weighted by Gasteiger charge is 2.13. The fourth-order valence-corrected chi connectivity index (χ4v) is 1.72. The number of aromatic carboxylic acids is 1. The fourth-order valence-electron chi connectivity index (χ4n) is 1.46. The predicted octanol–water partition coefficient (Wildman–Crippen LogP) is 3.63. The van der Waals surface area contributed by atoms with E-state index >= 15 is 0 Å². The Hall–Kier alpha value is -1.75. The van der Waals surface area contributed by atoms with E-state index in [0.717, 1.165) is 15.8 Å². The molecule has 0 unspecified atom stereocenters. The number of carboxylic acids is 1. The second-order valence-corrected chi connectivity index (χ2v) is 4.66. The predicted molar refractivity (Wildman–Crippen MR) is 68.9 cm³/mol. The molecular formula is C13H11BrO4. The van der Waals surface area contributed by atoms with E-state index in [1.165, 1.54) is 6.07 Å². The summed E-state index contributed by atoms with van der Waals surface area (Å²) < 4.78 is 11.6. The van der Waals surface area contributed by atoms with E-state index in [0.29, 0.717) is 5.76 Å². The number of ether oxygens (including phenoxy) is 1. The standard InChI is InChI=1S/C13H11BrO4/c1-8-9(6-12(18-8)13(15)16)7-17-11-4-2-10(14)3-5-11/h2-6H,7H2,1H3,(H,15,16). The molecule has 94 valence electrons. The molecule has 0 saturated carbocycles. The lowest BCUT2D eigenvalue weighted by Gasteiger charge is -2.04. The van der Waals surface area contributed by atoms with Gasteiger partial charge in [-0.25, -0.2) is 4.79 Å². The van der Waals surface area contributed by atoms with Crippen molar-refractivity contribution in [2.24, 2.45) is 0 Å². The Morgan fingerprint density at radius 2 is 2.06 bits per heavy atom. The number of hydrogen-bond acceptors (Lipinski definition) is 3. The molecular weight excluding hydrogens is 300 g/mol. The highest BCUT2D eigenvalue weighted by Crippen LogP contribution is 2.20. The third kappa shape index (κ3) is 2.92. The summed E-state index contributed by atoms with van der Waals surface area (Å²) in [7, 11) is 0. The van der Waals surface area contributed by atoms with Gasteiger partial charge in [0.1, 0.15) is 18.1 Å². The molecule has 5 heteroatoms. The lowest BCUT2D eigenvalue weighted by molar-refractivity contribution is 0.0661. The van der Waals surface area contributed by atoms with Crippen LogP contribution in [0.2, 0.25) is 0 Å². The van der Waals surface area contributed by atoms with Crippen molar-refractivity contribution in [1.82, 2.24) is 0 Å². The van der Waals surface area contributed by atoms with Gasteiger partial charge in [0.15, 0.2) is 0 Å². The fraction of sp³-hybridized carbons (Fsp3) is 0.154. The van der Waals surface area contributed by atoms with Crippen molar-refractivity contribution in [3.8, 4) is 5.75 Å². The third-order valence-electron chi connectivity index (χ3n) is 2.44. The number of halogens is 1. The van der Waals surface area contributed by atoms with E-state index in [2.05, 4.69) is 15.9 Å². The summed E-state index contributed by atoms with van der Waals surface area (Å²) in [6.45, 7) is 2.00. The summed E-state index contributed by atoms with van der Waals surface area (Å²) in [6, 6.07) is 8.90. The topological polar surface area (TPSA) is 59.7 Å². The van der Waals surface area contributed by atoms with Gasteiger partial charge in [0.05, 0.1) is 0 Å². The molecule has 2 rings (SSSR count). The molecule has 2 aromatic rings. The first-order valence-electron chi connectivity index (χ1n) is 5.27. The lowest BCUT2D eigenvalue weighted by atomic mass is 10.2. The summed E-state index contributed by atoms with van der Waals surface area (Å²) in [5.74, 6) is 0.134. The molecule has 0 fully saturated rings. The van der Waals surface area contributed by atoms with Gasteiger partial charge in [-0.2, -0.15) is 0 Å². The van der Waals surface area contributed by atoms with Crippen LogP contribution in [-0.4, -0.2) is 11.1 Å². The number of aryl methyl sites for hydroxylation is 1. The van der Waals surface area contributed by atoms with Crippen LogP contribution in [0.3, 0.4) is 0 Å². The average Bonchev–Trinajstić information content (AvgIpc) is 2.70. The van der Waals surface area contributed by atoms with Crippen LogP contribution in [0.4, 0.5) is 0 Å². The summed E-state index contributed by atoms with van der Waals surface area (Å²) >= 11 is 3.34. The highest BCUT2D eigenvalue weighted by atomic mass is 79.9. The van der Waals surface area contributed by atoms with Crippen LogP contribution >= 0.6 is 15.9 Å². The number of hydrogen-bond donors (Lipinski definition) is 1. The number of furan rings is 1. The van der Waals surface area contributed by atoms with Crippen molar-refractivity contribution in [2.45, 2.75) is 13.5 Å². The first kappa shape index (κ1) is 12.7. The first-order chi connectivity index (χ1) is 8.56. The molecule has 1 aromatic heterocycles. The Morgan fingerprint density at radius 1 is 1.39 bits per heavy atom. The molecule has 0 amide bonds. The Bertz CT molecular complexity index is 557. The van der Waals surface area contributed by atoms with Crippen LogP contribution in [0.5, 0.6) is 5.75 Å². The molecule has 0 aliphatic heterocycles. The molecule has 0 saturated heterocycles. The number of carboxylic acid groups (broad SMARTS) is 1. The molecule has 1 heterocycles. The molecule has 0 spiro atoms. The van der Waals surface area contributed by atoms with Crippen molar-refractivity contribution in [3.05, 3.63) is 51.9 Å². The van der Waals surface area contributed by atoms with E-state index in [4.69, 9.17) is 14.3 Å². The molecule has 0 atom stereocenters. The zero-order valence-corrected chi connectivity index (χ0v) is 11.2. The van der Waals surface area contributed by atoms with Crippen molar-refractivity contribution >= 4 is 21.9 Å². The number of benzene rings is 1. The van der Waals surface area contributed by atoms with Gasteiger partial charge in [-0.15, -0.1) is 0 Å². The van der Waals surface area contributed by atoms with Crippen LogP contribution in [0.15, 0.2) is 39.2 Å². The van der Waals surface area contributed by atoms with Gasteiger partial charge in [-0.05, 0) is 37.3 Å². The van der Waals surface area contributed by atoms with Crippen molar-refractivity contribution in [1.29, 1.82) is 0 Å². The van der Waals surface area contributed by atoms with E-state index < -0.39 is 5.97 Å². The van der Waals surface area contributed by atoms with Crippen LogP contribution < -0.4 is 4.74 Å². The second-order valence-electron chi connectivity index (χ2n) is 3.74. The molecule has 4 nitrogen and oxygen atoms in total. The van der Waals surface area contributed by atoms with E-state index in [1.54, 1.807) is 6.92 Å². The Labute approximate surface area is 112 Å². The Kier molecular flexibility index (Phi) is 3.72. The summed E-state index contributed by atoms with van der Waals surface area (Å²) in [4.78, 5) is 10.7. The monoisotopic (exact) mass is 310 g/mol. The van der Waals surface area contributed by atoms with Gasteiger partial charge in [-0.3, -0.25) is 0 Å². The maximum atomic E-state index is 10.7. The molecule has 1 aromatic carbocycles. The van der Waals surface area contributed by atoms with Crippen LogP contribution in [0, 0.1) is 6.92 Å². The summed E-state index contributed by atoms with van der Waals surface area (Å²) in [6.07, 6.45) is 0. The van der Waals surface area contributed by atoms with Gasteiger partial charge < -0.3 is 14.3 Å².